The number of ether oxygens (including phenoxy) is 1. The predicted octanol–water partition coefficient (Wildman–Crippen LogP) is 3.92. The maximum absolute atomic E-state index is 13.5. The molecule has 0 spiro atoms. The lowest BCUT2D eigenvalue weighted by Crippen LogP contribution is -2.57. The van der Waals surface area contributed by atoms with E-state index >= 15 is 0 Å². The standard InChI is InChI=1S/C23H32N2O4/c1-5-23(2,3)25(21(27)16-9-7-6-8-10-16)19-15-20(26)24(22(19)28)17-11-13-18(29-4)14-12-17/h11-14,16,19H,5-10,15H2,1-4H3. The Labute approximate surface area is 173 Å². The Morgan fingerprint density at radius 1 is 1.14 bits per heavy atom. The van der Waals surface area contributed by atoms with Crippen molar-refractivity contribution in [3.8, 4) is 5.75 Å². The average Bonchev–Trinajstić information content (AvgIpc) is 3.02. The van der Waals surface area contributed by atoms with Gasteiger partial charge in [-0.3, -0.25) is 14.4 Å². The van der Waals surface area contributed by atoms with Crippen LogP contribution in [-0.2, 0) is 14.4 Å². The number of anilines is 1. The smallest absolute Gasteiger partial charge is 0.257 e. The molecule has 3 amide bonds. The van der Waals surface area contributed by atoms with E-state index in [4.69, 9.17) is 4.74 Å². The van der Waals surface area contributed by atoms with Crippen molar-refractivity contribution in [1.82, 2.24) is 4.90 Å². The zero-order chi connectivity index (χ0) is 21.2. The minimum absolute atomic E-state index is 0.0271. The van der Waals surface area contributed by atoms with E-state index in [0.29, 0.717) is 17.9 Å². The van der Waals surface area contributed by atoms with Crippen molar-refractivity contribution in [2.45, 2.75) is 77.3 Å². The molecule has 3 rings (SSSR count). The van der Waals surface area contributed by atoms with Crippen LogP contribution < -0.4 is 9.64 Å². The molecular formula is C23H32N2O4. The van der Waals surface area contributed by atoms with Crippen molar-refractivity contribution in [1.29, 1.82) is 0 Å². The Morgan fingerprint density at radius 2 is 1.76 bits per heavy atom. The van der Waals surface area contributed by atoms with Crippen molar-refractivity contribution >= 4 is 23.4 Å². The van der Waals surface area contributed by atoms with Crippen molar-refractivity contribution in [2.24, 2.45) is 5.92 Å². The number of hydrogen-bond donors (Lipinski definition) is 0. The second-order valence-corrected chi connectivity index (χ2v) is 8.69. The first-order chi connectivity index (χ1) is 13.8. The number of hydrogen-bond acceptors (Lipinski definition) is 4. The van der Waals surface area contributed by atoms with Gasteiger partial charge < -0.3 is 9.64 Å². The van der Waals surface area contributed by atoms with Crippen LogP contribution in [0, 0.1) is 5.92 Å². The van der Waals surface area contributed by atoms with Gasteiger partial charge in [0.15, 0.2) is 0 Å². The molecule has 1 heterocycles. The second-order valence-electron chi connectivity index (χ2n) is 8.69. The molecule has 2 aliphatic rings. The maximum Gasteiger partial charge on any atom is 0.257 e. The molecule has 0 radical (unpaired) electrons. The Bertz CT molecular complexity index is 766. The van der Waals surface area contributed by atoms with Crippen LogP contribution in [0.4, 0.5) is 5.69 Å². The summed E-state index contributed by atoms with van der Waals surface area (Å²) in [6, 6.07) is 6.12. The lowest BCUT2D eigenvalue weighted by atomic mass is 9.85. The molecule has 1 saturated heterocycles. The summed E-state index contributed by atoms with van der Waals surface area (Å²) < 4.78 is 5.16. The van der Waals surface area contributed by atoms with Crippen LogP contribution >= 0.6 is 0 Å². The van der Waals surface area contributed by atoms with Gasteiger partial charge in [-0.1, -0.05) is 26.2 Å². The summed E-state index contributed by atoms with van der Waals surface area (Å²) in [6.45, 7) is 5.99. The number of imide groups is 1. The topological polar surface area (TPSA) is 66.9 Å². The number of carbonyl (C=O) groups is 3. The maximum atomic E-state index is 13.5. The number of carbonyl (C=O) groups excluding carboxylic acids is 3. The summed E-state index contributed by atoms with van der Waals surface area (Å²) in [4.78, 5) is 42.6. The first-order valence-corrected chi connectivity index (χ1v) is 10.6. The van der Waals surface area contributed by atoms with Gasteiger partial charge in [-0.05, 0) is 57.4 Å². The number of benzene rings is 1. The molecule has 1 aliphatic carbocycles. The summed E-state index contributed by atoms with van der Waals surface area (Å²) in [6.07, 6.45) is 5.74. The normalized spacial score (nSPS) is 20.8. The van der Waals surface area contributed by atoms with Crippen LogP contribution in [-0.4, -0.2) is 41.3 Å². The van der Waals surface area contributed by atoms with Crippen LogP contribution in [0.3, 0.4) is 0 Å². The van der Waals surface area contributed by atoms with E-state index in [1.54, 1.807) is 36.3 Å². The molecule has 1 atom stereocenters. The molecule has 0 N–H and O–H groups in total. The molecule has 1 aromatic carbocycles. The Balaban J connectivity index is 1.90. The molecular weight excluding hydrogens is 368 g/mol. The van der Waals surface area contributed by atoms with Gasteiger partial charge in [0, 0.05) is 11.5 Å². The number of methoxy groups -OCH3 is 1. The molecule has 0 bridgehead atoms. The fraction of sp³-hybridized carbons (Fsp3) is 0.609. The van der Waals surface area contributed by atoms with E-state index in [1.165, 1.54) is 4.90 Å². The molecule has 1 aliphatic heterocycles. The molecule has 1 unspecified atom stereocenters. The molecule has 2 fully saturated rings. The average molecular weight is 401 g/mol. The third-order valence-corrected chi connectivity index (χ3v) is 6.47. The van der Waals surface area contributed by atoms with Gasteiger partial charge in [-0.2, -0.15) is 0 Å². The van der Waals surface area contributed by atoms with E-state index in [-0.39, 0.29) is 30.1 Å². The number of rotatable bonds is 6. The highest BCUT2D eigenvalue weighted by atomic mass is 16.5. The fourth-order valence-electron chi connectivity index (χ4n) is 4.41. The molecule has 6 nitrogen and oxygen atoms in total. The van der Waals surface area contributed by atoms with E-state index in [1.807, 2.05) is 20.8 Å². The Kier molecular flexibility index (Phi) is 6.30. The summed E-state index contributed by atoms with van der Waals surface area (Å²) in [5.74, 6) is 0.0572. The minimum Gasteiger partial charge on any atom is -0.497 e. The lowest BCUT2D eigenvalue weighted by molar-refractivity contribution is -0.149. The van der Waals surface area contributed by atoms with Crippen LogP contribution in [0.1, 0.15) is 65.7 Å². The van der Waals surface area contributed by atoms with Crippen LogP contribution in [0.5, 0.6) is 5.75 Å². The lowest BCUT2D eigenvalue weighted by Gasteiger charge is -2.43. The number of nitrogens with zero attached hydrogens (tertiary/aromatic N) is 2. The number of amides is 3. The highest BCUT2D eigenvalue weighted by molar-refractivity contribution is 6.23. The third kappa shape index (κ3) is 4.16. The van der Waals surface area contributed by atoms with Gasteiger partial charge in [0.25, 0.3) is 5.91 Å². The highest BCUT2D eigenvalue weighted by Crippen LogP contribution is 2.35. The van der Waals surface area contributed by atoms with Gasteiger partial charge in [0.2, 0.25) is 11.8 Å². The Hall–Kier alpha value is -2.37. The van der Waals surface area contributed by atoms with Crippen LogP contribution in [0.15, 0.2) is 24.3 Å². The van der Waals surface area contributed by atoms with Crippen LogP contribution in [0.25, 0.3) is 0 Å². The summed E-state index contributed by atoms with van der Waals surface area (Å²) in [5.41, 5.74) is 0.0214. The molecule has 1 aromatic rings. The van der Waals surface area contributed by atoms with Gasteiger partial charge in [0.1, 0.15) is 11.8 Å². The molecule has 0 aromatic heterocycles. The first-order valence-electron chi connectivity index (χ1n) is 10.6. The van der Waals surface area contributed by atoms with Gasteiger partial charge >= 0.3 is 0 Å². The van der Waals surface area contributed by atoms with Gasteiger partial charge in [-0.15, -0.1) is 0 Å². The largest absolute Gasteiger partial charge is 0.497 e. The summed E-state index contributed by atoms with van der Waals surface area (Å²) >= 11 is 0. The highest BCUT2D eigenvalue weighted by Gasteiger charge is 2.49. The monoisotopic (exact) mass is 400 g/mol. The summed E-state index contributed by atoms with van der Waals surface area (Å²) in [7, 11) is 1.57. The van der Waals surface area contributed by atoms with Gasteiger partial charge in [0.05, 0.1) is 19.2 Å². The van der Waals surface area contributed by atoms with E-state index in [9.17, 15) is 14.4 Å². The Morgan fingerprint density at radius 3 is 2.31 bits per heavy atom. The van der Waals surface area contributed by atoms with E-state index in [0.717, 1.165) is 32.1 Å². The van der Waals surface area contributed by atoms with E-state index < -0.39 is 11.6 Å². The second kappa shape index (κ2) is 8.56. The third-order valence-electron chi connectivity index (χ3n) is 6.47. The van der Waals surface area contributed by atoms with E-state index in [2.05, 4.69) is 0 Å². The van der Waals surface area contributed by atoms with Crippen LogP contribution in [0.2, 0.25) is 0 Å². The first kappa shape index (κ1) is 21.3. The van der Waals surface area contributed by atoms with Gasteiger partial charge in [-0.25, -0.2) is 4.90 Å². The molecule has 6 heteroatoms. The van der Waals surface area contributed by atoms with Crippen molar-refractivity contribution < 1.29 is 19.1 Å². The zero-order valence-corrected chi connectivity index (χ0v) is 17.9. The van der Waals surface area contributed by atoms with Crippen molar-refractivity contribution in [2.75, 3.05) is 12.0 Å². The quantitative estimate of drug-likeness (QED) is 0.679. The zero-order valence-electron chi connectivity index (χ0n) is 17.9. The predicted molar refractivity (Wildman–Crippen MR) is 112 cm³/mol. The minimum atomic E-state index is -0.742. The van der Waals surface area contributed by atoms with Crippen molar-refractivity contribution in [3.05, 3.63) is 24.3 Å². The fourth-order valence-corrected chi connectivity index (χ4v) is 4.41. The molecule has 158 valence electrons. The summed E-state index contributed by atoms with van der Waals surface area (Å²) in [5, 5.41) is 0. The van der Waals surface area contributed by atoms with Crippen molar-refractivity contribution in [3.63, 3.8) is 0 Å². The molecule has 1 saturated carbocycles. The SMILES string of the molecule is CCC(C)(C)N(C(=O)C1CCCCC1)C1CC(=O)N(c2ccc(OC)cc2)C1=O. The molecule has 29 heavy (non-hydrogen) atoms.